The fraction of sp³-hybridized carbons (Fsp3) is 0.333. The van der Waals surface area contributed by atoms with E-state index in [4.69, 9.17) is 10.2 Å². The van der Waals surface area contributed by atoms with E-state index in [-0.39, 0.29) is 11.9 Å². The molecule has 0 aromatic carbocycles. The van der Waals surface area contributed by atoms with Gasteiger partial charge in [0.15, 0.2) is 0 Å². The Morgan fingerprint density at radius 2 is 1.52 bits per heavy atom. The van der Waals surface area contributed by atoms with Gasteiger partial charge in [0, 0.05) is 25.2 Å². The molecule has 0 saturated heterocycles. The molecule has 0 unspecified atom stereocenters. The van der Waals surface area contributed by atoms with E-state index in [0.717, 1.165) is 19.1 Å². The third-order valence-electron chi connectivity index (χ3n) is 1.53. The standard InChI is InChI=1S/C7H12O2.C4H4O4.C4H6O2/c1-3-5-6-9-7(8)4-2;5-3(6)1-2-4(7)8;1-3-6-4(2)5/h4H,2-3,5-6H2,1H3;1-2H,(H,5,6)(H,7,8);3H,1H2,2H3/b;2-1-;. The first-order chi connectivity index (χ1) is 10.7. The van der Waals surface area contributed by atoms with Gasteiger partial charge in [-0.25, -0.2) is 14.4 Å². The smallest absolute Gasteiger partial charge is 0.330 e. The van der Waals surface area contributed by atoms with Gasteiger partial charge in [-0.05, 0) is 6.42 Å². The molecular weight excluding hydrogens is 308 g/mol. The summed E-state index contributed by atoms with van der Waals surface area (Å²) >= 11 is 0. The lowest BCUT2D eigenvalue weighted by Crippen LogP contribution is -2.00. The van der Waals surface area contributed by atoms with Crippen LogP contribution in [-0.4, -0.2) is 40.7 Å². The number of ether oxygens (including phenoxy) is 2. The maximum atomic E-state index is 10.3. The molecule has 0 heterocycles. The maximum Gasteiger partial charge on any atom is 0.330 e. The topological polar surface area (TPSA) is 127 Å². The third kappa shape index (κ3) is 38.1. The van der Waals surface area contributed by atoms with Crippen molar-refractivity contribution in [2.24, 2.45) is 0 Å². The van der Waals surface area contributed by atoms with Crippen LogP contribution in [0.25, 0.3) is 0 Å². The van der Waals surface area contributed by atoms with Gasteiger partial charge in [0.05, 0.1) is 12.9 Å². The van der Waals surface area contributed by atoms with Crippen molar-refractivity contribution < 1.29 is 38.9 Å². The molecule has 130 valence electrons. The van der Waals surface area contributed by atoms with Crippen molar-refractivity contribution >= 4 is 23.9 Å². The highest BCUT2D eigenvalue weighted by Crippen LogP contribution is 1.88. The van der Waals surface area contributed by atoms with Crippen LogP contribution in [0.5, 0.6) is 0 Å². The number of carbonyl (C=O) groups excluding carboxylic acids is 2. The number of hydrogen-bond acceptors (Lipinski definition) is 6. The second-order valence-electron chi connectivity index (χ2n) is 3.51. The molecule has 0 saturated carbocycles. The molecule has 23 heavy (non-hydrogen) atoms. The Morgan fingerprint density at radius 1 is 1.04 bits per heavy atom. The van der Waals surface area contributed by atoms with E-state index in [9.17, 15) is 19.2 Å². The molecule has 8 heteroatoms. The minimum absolute atomic E-state index is 0.329. The fourth-order valence-corrected chi connectivity index (χ4v) is 0.636. The van der Waals surface area contributed by atoms with E-state index >= 15 is 0 Å². The zero-order valence-corrected chi connectivity index (χ0v) is 13.2. The molecule has 2 N–H and O–H groups in total. The van der Waals surface area contributed by atoms with Gasteiger partial charge in [0.1, 0.15) is 0 Å². The van der Waals surface area contributed by atoms with Gasteiger partial charge < -0.3 is 19.7 Å². The molecule has 0 aliphatic heterocycles. The monoisotopic (exact) mass is 330 g/mol. The van der Waals surface area contributed by atoms with Gasteiger partial charge >= 0.3 is 23.9 Å². The molecule has 0 fully saturated rings. The Balaban J connectivity index is -0.000000266. The van der Waals surface area contributed by atoms with E-state index in [1.54, 1.807) is 0 Å². The summed E-state index contributed by atoms with van der Waals surface area (Å²) in [5.41, 5.74) is 0. The number of esters is 2. The van der Waals surface area contributed by atoms with Gasteiger partial charge in [-0.3, -0.25) is 4.79 Å². The number of carboxylic acids is 2. The van der Waals surface area contributed by atoms with Crippen molar-refractivity contribution in [2.45, 2.75) is 26.7 Å². The molecule has 0 aliphatic carbocycles. The highest BCUT2D eigenvalue weighted by Gasteiger charge is 1.91. The second kappa shape index (κ2) is 19.1. The summed E-state index contributed by atoms with van der Waals surface area (Å²) in [7, 11) is 0. The van der Waals surface area contributed by atoms with E-state index in [1.165, 1.54) is 13.0 Å². The Hall–Kier alpha value is -2.90. The summed E-state index contributed by atoms with van der Waals surface area (Å²) in [6.07, 6.45) is 5.37. The SMILES string of the molecule is C=CC(=O)OCCCC.C=COC(C)=O.O=C(O)/C=C\C(=O)O. The summed E-state index contributed by atoms with van der Waals surface area (Å²) in [4.78, 5) is 39.2. The molecule has 0 radical (unpaired) electrons. The first-order valence-electron chi connectivity index (χ1n) is 6.42. The van der Waals surface area contributed by atoms with E-state index in [2.05, 4.69) is 22.6 Å². The summed E-state index contributed by atoms with van der Waals surface area (Å²) in [6.45, 7) is 10.3. The average molecular weight is 330 g/mol. The lowest BCUT2D eigenvalue weighted by atomic mass is 10.4. The van der Waals surface area contributed by atoms with Crippen LogP contribution in [0.15, 0.2) is 37.6 Å². The van der Waals surface area contributed by atoms with E-state index < -0.39 is 11.9 Å². The van der Waals surface area contributed by atoms with Gasteiger partial charge in [-0.2, -0.15) is 0 Å². The quantitative estimate of drug-likeness (QED) is 0.314. The summed E-state index contributed by atoms with van der Waals surface area (Å²) in [5, 5.41) is 15.6. The zero-order chi connectivity index (χ0) is 18.7. The molecule has 0 amide bonds. The summed E-state index contributed by atoms with van der Waals surface area (Å²) in [5.74, 6) is -3.17. The van der Waals surface area contributed by atoms with Gasteiger partial charge in [-0.15, -0.1) is 0 Å². The fourth-order valence-electron chi connectivity index (χ4n) is 0.636. The minimum Gasteiger partial charge on any atom is -0.478 e. The average Bonchev–Trinajstić information content (AvgIpc) is 2.46. The van der Waals surface area contributed by atoms with E-state index in [1.807, 2.05) is 6.92 Å². The normalized spacial score (nSPS) is 8.43. The summed E-state index contributed by atoms with van der Waals surface area (Å²) < 4.78 is 8.84. The number of hydrogen-bond donors (Lipinski definition) is 2. The predicted octanol–water partition coefficient (Wildman–Crippen LogP) is 1.92. The van der Waals surface area contributed by atoms with Crippen molar-refractivity contribution in [3.8, 4) is 0 Å². The maximum absolute atomic E-state index is 10.3. The molecule has 0 spiro atoms. The Morgan fingerprint density at radius 3 is 1.74 bits per heavy atom. The van der Waals surface area contributed by atoms with Gasteiger partial charge in [0.2, 0.25) is 0 Å². The first kappa shape index (κ1) is 25.1. The van der Waals surface area contributed by atoms with Gasteiger partial charge in [-0.1, -0.05) is 26.5 Å². The lowest BCUT2D eigenvalue weighted by molar-refractivity contribution is -0.138. The number of unbranched alkanes of at least 4 members (excludes halogenated alkanes) is 1. The van der Waals surface area contributed by atoms with Crippen molar-refractivity contribution in [2.75, 3.05) is 6.61 Å². The molecule has 0 aliphatic rings. The van der Waals surface area contributed by atoms with Crippen LogP contribution in [0.4, 0.5) is 0 Å². The number of carbonyl (C=O) groups is 4. The Labute approximate surface area is 134 Å². The predicted molar refractivity (Wildman–Crippen MR) is 82.4 cm³/mol. The van der Waals surface area contributed by atoms with Crippen LogP contribution in [0, 0.1) is 0 Å². The largest absolute Gasteiger partial charge is 0.478 e. The molecule has 0 rings (SSSR count). The van der Waals surface area contributed by atoms with Crippen LogP contribution in [0.2, 0.25) is 0 Å². The molecule has 0 bridgehead atoms. The molecular formula is C15H22O8. The first-order valence-corrected chi connectivity index (χ1v) is 6.42. The summed E-state index contributed by atoms with van der Waals surface area (Å²) in [6, 6.07) is 0. The van der Waals surface area contributed by atoms with Gasteiger partial charge in [0.25, 0.3) is 0 Å². The second-order valence-corrected chi connectivity index (χ2v) is 3.51. The van der Waals surface area contributed by atoms with Crippen LogP contribution >= 0.6 is 0 Å². The molecule has 0 atom stereocenters. The van der Waals surface area contributed by atoms with Crippen LogP contribution < -0.4 is 0 Å². The minimum atomic E-state index is -1.26. The van der Waals surface area contributed by atoms with Crippen molar-refractivity contribution in [1.82, 2.24) is 0 Å². The van der Waals surface area contributed by atoms with Crippen LogP contribution in [-0.2, 0) is 28.7 Å². The molecule has 8 nitrogen and oxygen atoms in total. The van der Waals surface area contributed by atoms with Crippen LogP contribution in [0.3, 0.4) is 0 Å². The molecule has 0 aromatic rings. The Bertz CT molecular complexity index is 407. The third-order valence-corrected chi connectivity index (χ3v) is 1.53. The van der Waals surface area contributed by atoms with Crippen LogP contribution in [0.1, 0.15) is 26.7 Å². The van der Waals surface area contributed by atoms with Crippen molar-refractivity contribution in [1.29, 1.82) is 0 Å². The zero-order valence-electron chi connectivity index (χ0n) is 13.2. The molecule has 0 aromatic heterocycles. The van der Waals surface area contributed by atoms with E-state index in [0.29, 0.717) is 18.8 Å². The van der Waals surface area contributed by atoms with Crippen molar-refractivity contribution in [3.63, 3.8) is 0 Å². The number of aliphatic carboxylic acids is 2. The lowest BCUT2D eigenvalue weighted by Gasteiger charge is -1.97. The highest BCUT2D eigenvalue weighted by molar-refractivity contribution is 5.89. The Kier molecular flexibility index (Phi) is 20.8. The number of rotatable bonds is 7. The highest BCUT2D eigenvalue weighted by atomic mass is 16.5. The van der Waals surface area contributed by atoms with Crippen molar-refractivity contribution in [3.05, 3.63) is 37.6 Å². The number of carboxylic acid groups (broad SMARTS) is 2.